The van der Waals surface area contributed by atoms with Gasteiger partial charge >= 0.3 is 0 Å². The van der Waals surface area contributed by atoms with E-state index in [4.69, 9.17) is 10.3 Å². The summed E-state index contributed by atoms with van der Waals surface area (Å²) in [5, 5.41) is 4.00. The standard InChI is InChI=1S/C13H15N3O/c14-11-4-2-1-3-10(11)8-13-15-12(16-17-13)7-9-5-6-9/h1-4,9H,5-8,14H2. The molecule has 2 N–H and O–H groups in total. The number of nitrogen functional groups attached to an aromatic ring is 1. The molecule has 1 aromatic heterocycles. The van der Waals surface area contributed by atoms with Crippen molar-refractivity contribution in [3.05, 3.63) is 41.5 Å². The second-order valence-electron chi connectivity index (χ2n) is 4.63. The number of nitrogens with zero attached hydrogens (tertiary/aromatic N) is 2. The Bertz CT molecular complexity index is 517. The van der Waals surface area contributed by atoms with Crippen molar-refractivity contribution in [3.8, 4) is 0 Å². The monoisotopic (exact) mass is 229 g/mol. The average molecular weight is 229 g/mol. The van der Waals surface area contributed by atoms with Crippen molar-refractivity contribution >= 4 is 5.69 Å². The van der Waals surface area contributed by atoms with Crippen LogP contribution in [0.3, 0.4) is 0 Å². The molecule has 0 bridgehead atoms. The summed E-state index contributed by atoms with van der Waals surface area (Å²) < 4.78 is 5.24. The summed E-state index contributed by atoms with van der Waals surface area (Å²) in [4.78, 5) is 4.39. The molecule has 2 aromatic rings. The molecular formula is C13H15N3O. The Morgan fingerprint density at radius 1 is 1.29 bits per heavy atom. The molecule has 1 aliphatic rings. The van der Waals surface area contributed by atoms with Gasteiger partial charge in [-0.2, -0.15) is 4.98 Å². The predicted molar refractivity (Wildman–Crippen MR) is 64.4 cm³/mol. The number of aromatic nitrogens is 2. The number of benzene rings is 1. The van der Waals surface area contributed by atoms with Gasteiger partial charge in [0, 0.05) is 12.1 Å². The third kappa shape index (κ3) is 2.46. The van der Waals surface area contributed by atoms with Crippen LogP contribution in [0.4, 0.5) is 5.69 Å². The van der Waals surface area contributed by atoms with Gasteiger partial charge in [-0.05, 0) is 30.4 Å². The van der Waals surface area contributed by atoms with Crippen LogP contribution >= 0.6 is 0 Å². The summed E-state index contributed by atoms with van der Waals surface area (Å²) in [6.07, 6.45) is 4.17. The Morgan fingerprint density at radius 2 is 2.12 bits per heavy atom. The first-order valence-electron chi connectivity index (χ1n) is 5.96. The largest absolute Gasteiger partial charge is 0.398 e. The Kier molecular flexibility index (Phi) is 2.55. The van der Waals surface area contributed by atoms with E-state index in [0.717, 1.165) is 29.4 Å². The van der Waals surface area contributed by atoms with Crippen LogP contribution < -0.4 is 5.73 Å². The first-order chi connectivity index (χ1) is 8.31. The SMILES string of the molecule is Nc1ccccc1Cc1nc(CC2CC2)no1. The first kappa shape index (κ1) is 10.3. The molecule has 0 unspecified atom stereocenters. The second kappa shape index (κ2) is 4.20. The van der Waals surface area contributed by atoms with Crippen LogP contribution in [0.5, 0.6) is 0 Å². The highest BCUT2D eigenvalue weighted by Crippen LogP contribution is 2.31. The van der Waals surface area contributed by atoms with E-state index in [-0.39, 0.29) is 0 Å². The number of anilines is 1. The molecule has 1 aliphatic carbocycles. The minimum atomic E-state index is 0.615. The van der Waals surface area contributed by atoms with Gasteiger partial charge in [0.2, 0.25) is 5.89 Å². The van der Waals surface area contributed by atoms with Gasteiger partial charge < -0.3 is 10.3 Å². The number of nitrogens with two attached hydrogens (primary N) is 1. The van der Waals surface area contributed by atoms with Gasteiger partial charge in [0.05, 0.1) is 6.42 Å². The van der Waals surface area contributed by atoms with Crippen molar-refractivity contribution in [1.29, 1.82) is 0 Å². The summed E-state index contributed by atoms with van der Waals surface area (Å²) in [7, 11) is 0. The quantitative estimate of drug-likeness (QED) is 0.816. The molecular weight excluding hydrogens is 214 g/mol. The van der Waals surface area contributed by atoms with Crippen molar-refractivity contribution in [1.82, 2.24) is 10.1 Å². The third-order valence-electron chi connectivity index (χ3n) is 3.08. The normalized spacial score (nSPS) is 15.1. The maximum absolute atomic E-state index is 5.88. The maximum atomic E-state index is 5.88. The fourth-order valence-electron chi connectivity index (χ4n) is 1.88. The topological polar surface area (TPSA) is 64.9 Å². The number of hydrogen-bond acceptors (Lipinski definition) is 4. The van der Waals surface area contributed by atoms with E-state index in [1.54, 1.807) is 0 Å². The number of rotatable bonds is 4. The van der Waals surface area contributed by atoms with Crippen molar-refractivity contribution in [2.45, 2.75) is 25.7 Å². The van der Waals surface area contributed by atoms with Crippen LogP contribution in [0, 0.1) is 5.92 Å². The summed E-state index contributed by atoms with van der Waals surface area (Å²) in [6, 6.07) is 7.76. The van der Waals surface area contributed by atoms with E-state index in [2.05, 4.69) is 10.1 Å². The van der Waals surface area contributed by atoms with Gasteiger partial charge in [-0.15, -0.1) is 0 Å². The smallest absolute Gasteiger partial charge is 0.231 e. The number of para-hydroxylation sites is 1. The molecule has 3 rings (SSSR count). The molecule has 0 radical (unpaired) electrons. The van der Waals surface area contributed by atoms with Crippen molar-refractivity contribution in [2.75, 3.05) is 5.73 Å². The molecule has 0 spiro atoms. The molecule has 1 fully saturated rings. The lowest BCUT2D eigenvalue weighted by molar-refractivity contribution is 0.378. The third-order valence-corrected chi connectivity index (χ3v) is 3.08. The van der Waals surface area contributed by atoms with Crippen LogP contribution in [-0.4, -0.2) is 10.1 Å². The predicted octanol–water partition coefficient (Wildman–Crippen LogP) is 2.20. The molecule has 0 aliphatic heterocycles. The maximum Gasteiger partial charge on any atom is 0.231 e. The first-order valence-corrected chi connectivity index (χ1v) is 5.96. The Labute approximate surface area is 99.8 Å². The Balaban J connectivity index is 1.72. The van der Waals surface area contributed by atoms with Gasteiger partial charge in [-0.1, -0.05) is 23.4 Å². The zero-order chi connectivity index (χ0) is 11.7. The van der Waals surface area contributed by atoms with Crippen molar-refractivity contribution in [3.63, 3.8) is 0 Å². The molecule has 0 amide bonds. The van der Waals surface area contributed by atoms with E-state index in [0.29, 0.717) is 12.3 Å². The zero-order valence-electron chi connectivity index (χ0n) is 9.60. The van der Waals surface area contributed by atoms with E-state index >= 15 is 0 Å². The lowest BCUT2D eigenvalue weighted by atomic mass is 10.1. The molecule has 1 saturated carbocycles. The molecule has 1 heterocycles. The van der Waals surface area contributed by atoms with Crippen LogP contribution in [0.15, 0.2) is 28.8 Å². The highest BCUT2D eigenvalue weighted by molar-refractivity contribution is 5.47. The lowest BCUT2D eigenvalue weighted by Crippen LogP contribution is -1.96. The molecule has 4 heteroatoms. The Morgan fingerprint density at radius 3 is 2.88 bits per heavy atom. The lowest BCUT2D eigenvalue weighted by Gasteiger charge is -2.00. The fourth-order valence-corrected chi connectivity index (χ4v) is 1.88. The summed E-state index contributed by atoms with van der Waals surface area (Å²) in [5.41, 5.74) is 7.68. The van der Waals surface area contributed by atoms with Gasteiger partial charge in [-0.25, -0.2) is 0 Å². The van der Waals surface area contributed by atoms with Crippen LogP contribution in [-0.2, 0) is 12.8 Å². The minimum Gasteiger partial charge on any atom is -0.398 e. The van der Waals surface area contributed by atoms with E-state index in [1.807, 2.05) is 24.3 Å². The van der Waals surface area contributed by atoms with Gasteiger partial charge in [-0.3, -0.25) is 0 Å². The van der Waals surface area contributed by atoms with Gasteiger partial charge in [0.15, 0.2) is 5.82 Å². The van der Waals surface area contributed by atoms with E-state index in [1.165, 1.54) is 12.8 Å². The molecule has 0 saturated heterocycles. The molecule has 4 nitrogen and oxygen atoms in total. The molecule has 17 heavy (non-hydrogen) atoms. The van der Waals surface area contributed by atoms with Crippen LogP contribution in [0.25, 0.3) is 0 Å². The minimum absolute atomic E-state index is 0.615. The van der Waals surface area contributed by atoms with Crippen LogP contribution in [0.1, 0.15) is 30.1 Å². The Hall–Kier alpha value is -1.84. The second-order valence-corrected chi connectivity index (χ2v) is 4.63. The zero-order valence-corrected chi connectivity index (χ0v) is 9.60. The van der Waals surface area contributed by atoms with E-state index < -0.39 is 0 Å². The fraction of sp³-hybridized carbons (Fsp3) is 0.385. The van der Waals surface area contributed by atoms with Gasteiger partial charge in [0.1, 0.15) is 0 Å². The average Bonchev–Trinajstić information content (AvgIpc) is 3.02. The van der Waals surface area contributed by atoms with Crippen molar-refractivity contribution < 1.29 is 4.52 Å². The molecule has 0 atom stereocenters. The summed E-state index contributed by atoms with van der Waals surface area (Å²) in [6.45, 7) is 0. The summed E-state index contributed by atoms with van der Waals surface area (Å²) in [5.74, 6) is 2.26. The van der Waals surface area contributed by atoms with Crippen molar-refractivity contribution in [2.24, 2.45) is 5.92 Å². The van der Waals surface area contributed by atoms with Crippen LogP contribution in [0.2, 0.25) is 0 Å². The molecule has 1 aromatic carbocycles. The summed E-state index contributed by atoms with van der Waals surface area (Å²) >= 11 is 0. The molecule has 88 valence electrons. The van der Waals surface area contributed by atoms with E-state index in [9.17, 15) is 0 Å². The highest BCUT2D eigenvalue weighted by atomic mass is 16.5. The number of hydrogen-bond donors (Lipinski definition) is 1. The van der Waals surface area contributed by atoms with Gasteiger partial charge in [0.25, 0.3) is 0 Å². The highest BCUT2D eigenvalue weighted by Gasteiger charge is 2.24.